The van der Waals surface area contributed by atoms with E-state index in [0.29, 0.717) is 16.7 Å². The van der Waals surface area contributed by atoms with Gasteiger partial charge in [-0.05, 0) is 54.6 Å². The second kappa shape index (κ2) is 8.51. The number of hydrogen-bond acceptors (Lipinski definition) is 5. The van der Waals surface area contributed by atoms with Crippen LogP contribution in [0.3, 0.4) is 0 Å². The van der Waals surface area contributed by atoms with Gasteiger partial charge in [0.05, 0.1) is 0 Å². The normalized spacial score (nSPS) is 10.2. The van der Waals surface area contributed by atoms with Crippen molar-refractivity contribution in [3.05, 3.63) is 78.5 Å². The Bertz CT molecular complexity index is 931. The van der Waals surface area contributed by atoms with Crippen molar-refractivity contribution >= 4 is 46.6 Å². The Morgan fingerprint density at radius 2 is 1.92 bits per heavy atom. The first-order chi connectivity index (χ1) is 12.6. The first-order valence-electron chi connectivity index (χ1n) is 7.69. The fourth-order valence-electron chi connectivity index (χ4n) is 2.07. The molecule has 5 nitrogen and oxygen atoms in total. The third kappa shape index (κ3) is 5.08. The lowest BCUT2D eigenvalue weighted by Crippen LogP contribution is -2.06. The molecule has 0 aliphatic carbocycles. The number of amides is 1. The van der Waals surface area contributed by atoms with E-state index < -0.39 is 0 Å². The second-order valence-corrected chi connectivity index (χ2v) is 6.70. The highest BCUT2D eigenvalue weighted by atomic mass is 35.5. The minimum atomic E-state index is -0.238. The number of benzene rings is 2. The molecular weight excluding hydrogens is 368 g/mol. The van der Waals surface area contributed by atoms with E-state index in [1.165, 1.54) is 17.8 Å². The Morgan fingerprint density at radius 3 is 2.65 bits per heavy atom. The summed E-state index contributed by atoms with van der Waals surface area (Å²) in [5.74, 6) is 0.255. The van der Waals surface area contributed by atoms with E-state index in [1.54, 1.807) is 18.3 Å². The zero-order valence-electron chi connectivity index (χ0n) is 13.6. The monoisotopic (exact) mass is 382 g/mol. The number of halogens is 1. The summed E-state index contributed by atoms with van der Waals surface area (Å²) in [6, 6.07) is 16.7. The molecule has 0 saturated carbocycles. The van der Waals surface area contributed by atoms with Crippen LogP contribution in [0.2, 0.25) is 5.02 Å². The number of hydrogen-bond donors (Lipinski definition) is 2. The molecule has 1 amide bonds. The SMILES string of the molecule is C=CC(=O)Nc1ccc(Sc2ccnc(Nc3cccc(Cl)c3)n2)cc1. The third-order valence-corrected chi connectivity index (χ3v) is 4.42. The zero-order chi connectivity index (χ0) is 18.4. The van der Waals surface area contributed by atoms with Crippen LogP contribution in [0.25, 0.3) is 0 Å². The fraction of sp³-hybridized carbons (Fsp3) is 0. The van der Waals surface area contributed by atoms with Crippen LogP contribution < -0.4 is 10.6 Å². The van der Waals surface area contributed by atoms with Crippen molar-refractivity contribution in [2.75, 3.05) is 10.6 Å². The van der Waals surface area contributed by atoms with E-state index in [9.17, 15) is 4.79 Å². The summed E-state index contributed by atoms with van der Waals surface area (Å²) in [7, 11) is 0. The van der Waals surface area contributed by atoms with Crippen LogP contribution in [0.1, 0.15) is 0 Å². The topological polar surface area (TPSA) is 66.9 Å². The van der Waals surface area contributed by atoms with E-state index in [4.69, 9.17) is 11.6 Å². The van der Waals surface area contributed by atoms with Gasteiger partial charge in [0.1, 0.15) is 5.03 Å². The Balaban J connectivity index is 1.68. The number of carbonyl (C=O) groups excluding carboxylic acids is 1. The molecule has 2 aromatic carbocycles. The number of carbonyl (C=O) groups is 1. The van der Waals surface area contributed by atoms with E-state index in [-0.39, 0.29) is 5.91 Å². The lowest BCUT2D eigenvalue weighted by Gasteiger charge is -2.07. The van der Waals surface area contributed by atoms with E-state index >= 15 is 0 Å². The highest BCUT2D eigenvalue weighted by molar-refractivity contribution is 7.99. The van der Waals surface area contributed by atoms with Gasteiger partial charge in [0, 0.05) is 27.5 Å². The quantitative estimate of drug-likeness (QED) is 0.456. The van der Waals surface area contributed by atoms with Gasteiger partial charge in [-0.2, -0.15) is 0 Å². The van der Waals surface area contributed by atoms with E-state index in [0.717, 1.165) is 15.6 Å². The maximum Gasteiger partial charge on any atom is 0.247 e. The molecule has 26 heavy (non-hydrogen) atoms. The van der Waals surface area contributed by atoms with Crippen LogP contribution in [-0.2, 0) is 4.79 Å². The van der Waals surface area contributed by atoms with Crippen molar-refractivity contribution in [1.82, 2.24) is 9.97 Å². The van der Waals surface area contributed by atoms with Crippen LogP contribution in [0.5, 0.6) is 0 Å². The molecule has 0 aliphatic rings. The van der Waals surface area contributed by atoms with Crippen molar-refractivity contribution in [3.63, 3.8) is 0 Å². The molecule has 0 fully saturated rings. The van der Waals surface area contributed by atoms with Crippen molar-refractivity contribution in [3.8, 4) is 0 Å². The zero-order valence-corrected chi connectivity index (χ0v) is 15.2. The lowest BCUT2D eigenvalue weighted by molar-refractivity contribution is -0.111. The second-order valence-electron chi connectivity index (χ2n) is 5.17. The van der Waals surface area contributed by atoms with Gasteiger partial charge in [0.25, 0.3) is 0 Å². The molecule has 0 saturated heterocycles. The van der Waals surface area contributed by atoms with Gasteiger partial charge in [-0.25, -0.2) is 9.97 Å². The summed E-state index contributed by atoms with van der Waals surface area (Å²) in [6.45, 7) is 3.43. The minimum absolute atomic E-state index is 0.238. The van der Waals surface area contributed by atoms with Crippen molar-refractivity contribution in [2.24, 2.45) is 0 Å². The number of aromatic nitrogens is 2. The van der Waals surface area contributed by atoms with Gasteiger partial charge >= 0.3 is 0 Å². The molecule has 0 spiro atoms. The van der Waals surface area contributed by atoms with Crippen LogP contribution in [-0.4, -0.2) is 15.9 Å². The molecule has 3 aromatic rings. The largest absolute Gasteiger partial charge is 0.324 e. The average molecular weight is 383 g/mol. The molecule has 1 aromatic heterocycles. The molecule has 1 heterocycles. The maximum absolute atomic E-state index is 11.3. The van der Waals surface area contributed by atoms with Gasteiger partial charge in [0.2, 0.25) is 11.9 Å². The highest BCUT2D eigenvalue weighted by Gasteiger charge is 2.04. The van der Waals surface area contributed by atoms with Crippen molar-refractivity contribution in [1.29, 1.82) is 0 Å². The molecular formula is C19H15ClN4OS. The van der Waals surface area contributed by atoms with Crippen LogP contribution in [0.15, 0.2) is 83.4 Å². The molecule has 3 rings (SSSR count). The summed E-state index contributed by atoms with van der Waals surface area (Å²) in [6.07, 6.45) is 2.93. The van der Waals surface area contributed by atoms with Crippen LogP contribution in [0, 0.1) is 0 Å². The number of rotatable bonds is 6. The summed E-state index contributed by atoms with van der Waals surface area (Å²) in [4.78, 5) is 21.0. The molecule has 0 bridgehead atoms. The van der Waals surface area contributed by atoms with Crippen molar-refractivity contribution < 1.29 is 4.79 Å². The summed E-state index contributed by atoms with van der Waals surface area (Å²) < 4.78 is 0. The van der Waals surface area contributed by atoms with Gasteiger partial charge in [-0.15, -0.1) is 0 Å². The fourth-order valence-corrected chi connectivity index (χ4v) is 3.04. The van der Waals surface area contributed by atoms with Crippen LogP contribution in [0.4, 0.5) is 17.3 Å². The molecule has 130 valence electrons. The standard InChI is InChI=1S/C19H15ClN4OS/c1-2-17(25)22-14-6-8-16(9-7-14)26-18-10-11-21-19(24-18)23-15-5-3-4-13(20)12-15/h2-12H,1H2,(H,22,25)(H,21,23,24). The average Bonchev–Trinajstić information content (AvgIpc) is 2.63. The first-order valence-corrected chi connectivity index (χ1v) is 8.89. The van der Waals surface area contributed by atoms with Crippen LogP contribution >= 0.6 is 23.4 Å². The van der Waals surface area contributed by atoms with E-state index in [1.807, 2.05) is 42.5 Å². The Kier molecular flexibility index (Phi) is 5.88. The Labute approximate surface area is 160 Å². The van der Waals surface area contributed by atoms with Crippen molar-refractivity contribution in [2.45, 2.75) is 9.92 Å². The van der Waals surface area contributed by atoms with Gasteiger partial charge in [-0.1, -0.05) is 36.0 Å². The summed E-state index contributed by atoms with van der Waals surface area (Å²) in [5, 5.41) is 7.28. The third-order valence-electron chi connectivity index (χ3n) is 3.24. The maximum atomic E-state index is 11.3. The predicted octanol–water partition coefficient (Wildman–Crippen LogP) is 5.15. The Hall–Kier alpha value is -2.83. The smallest absolute Gasteiger partial charge is 0.247 e. The lowest BCUT2D eigenvalue weighted by atomic mass is 10.3. The summed E-state index contributed by atoms with van der Waals surface area (Å²) in [5.41, 5.74) is 1.53. The van der Waals surface area contributed by atoms with E-state index in [2.05, 4.69) is 27.2 Å². The minimum Gasteiger partial charge on any atom is -0.324 e. The van der Waals surface area contributed by atoms with Gasteiger partial charge < -0.3 is 10.6 Å². The summed E-state index contributed by atoms with van der Waals surface area (Å²) >= 11 is 7.49. The van der Waals surface area contributed by atoms with Gasteiger partial charge in [-0.3, -0.25) is 4.79 Å². The predicted molar refractivity (Wildman–Crippen MR) is 106 cm³/mol. The highest BCUT2D eigenvalue weighted by Crippen LogP contribution is 2.28. The molecule has 0 unspecified atom stereocenters. The molecule has 0 radical (unpaired) electrons. The Morgan fingerprint density at radius 1 is 1.12 bits per heavy atom. The molecule has 0 atom stereocenters. The first kappa shape index (κ1) is 18.0. The molecule has 0 aliphatic heterocycles. The number of nitrogens with one attached hydrogen (secondary N) is 2. The molecule has 7 heteroatoms. The van der Waals surface area contributed by atoms with Gasteiger partial charge in [0.15, 0.2) is 0 Å². The molecule has 2 N–H and O–H groups in total. The number of anilines is 3. The number of nitrogens with zero attached hydrogens (tertiary/aromatic N) is 2.